The standard InChI is InChI=1S/C15H19BrN2O2S/c16-13-9-12(10-21-13)15(20)18-7-5-17(6-8-18)14(19)11-3-1-2-4-11/h9-11H,1-8H2. The lowest BCUT2D eigenvalue weighted by atomic mass is 10.1. The highest BCUT2D eigenvalue weighted by atomic mass is 79.9. The molecule has 2 heterocycles. The number of carbonyl (C=O) groups excluding carboxylic acids is 2. The van der Waals surface area contributed by atoms with Gasteiger partial charge in [-0.05, 0) is 34.8 Å². The fourth-order valence-corrected chi connectivity index (χ4v) is 4.30. The van der Waals surface area contributed by atoms with Crippen molar-refractivity contribution in [3.63, 3.8) is 0 Å². The molecule has 0 spiro atoms. The summed E-state index contributed by atoms with van der Waals surface area (Å²) in [5.41, 5.74) is 0.738. The molecular formula is C15H19BrN2O2S. The van der Waals surface area contributed by atoms with Gasteiger partial charge < -0.3 is 9.80 Å². The molecule has 1 aromatic rings. The van der Waals surface area contributed by atoms with E-state index < -0.39 is 0 Å². The zero-order valence-corrected chi connectivity index (χ0v) is 14.3. The number of hydrogen-bond acceptors (Lipinski definition) is 3. The molecule has 2 amide bonds. The minimum atomic E-state index is 0.0740. The van der Waals surface area contributed by atoms with Crippen molar-refractivity contribution in [1.29, 1.82) is 0 Å². The molecule has 1 saturated carbocycles. The van der Waals surface area contributed by atoms with E-state index in [2.05, 4.69) is 15.9 Å². The maximum atomic E-state index is 12.4. The molecular weight excluding hydrogens is 352 g/mol. The summed E-state index contributed by atoms with van der Waals surface area (Å²) in [5, 5.41) is 1.88. The van der Waals surface area contributed by atoms with Crippen LogP contribution in [0.15, 0.2) is 15.2 Å². The number of rotatable bonds is 2. The summed E-state index contributed by atoms with van der Waals surface area (Å²) < 4.78 is 0.973. The predicted octanol–water partition coefficient (Wildman–Crippen LogP) is 2.99. The molecule has 0 bridgehead atoms. The molecule has 21 heavy (non-hydrogen) atoms. The van der Waals surface area contributed by atoms with Gasteiger partial charge in [-0.15, -0.1) is 11.3 Å². The quantitative estimate of drug-likeness (QED) is 0.802. The van der Waals surface area contributed by atoms with Crippen LogP contribution in [0.4, 0.5) is 0 Å². The summed E-state index contributed by atoms with van der Waals surface area (Å²) in [6, 6.07) is 1.86. The number of piperazine rings is 1. The monoisotopic (exact) mass is 370 g/mol. The number of carbonyl (C=O) groups is 2. The van der Waals surface area contributed by atoms with Crippen LogP contribution in [0.25, 0.3) is 0 Å². The third kappa shape index (κ3) is 3.31. The molecule has 1 aliphatic heterocycles. The first-order valence-electron chi connectivity index (χ1n) is 7.47. The SMILES string of the molecule is O=C(c1csc(Br)c1)N1CCN(C(=O)C2CCCC2)CC1. The van der Waals surface area contributed by atoms with E-state index in [9.17, 15) is 9.59 Å². The molecule has 2 aliphatic rings. The molecule has 0 aromatic carbocycles. The van der Waals surface area contributed by atoms with E-state index in [-0.39, 0.29) is 11.8 Å². The molecule has 114 valence electrons. The largest absolute Gasteiger partial charge is 0.339 e. The van der Waals surface area contributed by atoms with Gasteiger partial charge in [0.15, 0.2) is 0 Å². The first-order valence-corrected chi connectivity index (χ1v) is 9.14. The summed E-state index contributed by atoms with van der Waals surface area (Å²) >= 11 is 4.91. The fourth-order valence-electron chi connectivity index (χ4n) is 3.17. The van der Waals surface area contributed by atoms with Crippen LogP contribution in [0.2, 0.25) is 0 Å². The number of thiophene rings is 1. The van der Waals surface area contributed by atoms with Gasteiger partial charge in [0.2, 0.25) is 5.91 Å². The number of nitrogens with zero attached hydrogens (tertiary/aromatic N) is 2. The lowest BCUT2D eigenvalue weighted by molar-refractivity contribution is -0.136. The molecule has 6 heteroatoms. The highest BCUT2D eigenvalue weighted by molar-refractivity contribution is 9.11. The zero-order chi connectivity index (χ0) is 14.8. The first kappa shape index (κ1) is 15.0. The van der Waals surface area contributed by atoms with Gasteiger partial charge in [0, 0.05) is 37.5 Å². The van der Waals surface area contributed by atoms with Crippen molar-refractivity contribution in [3.8, 4) is 0 Å². The van der Waals surface area contributed by atoms with Gasteiger partial charge in [0.1, 0.15) is 0 Å². The van der Waals surface area contributed by atoms with Gasteiger partial charge in [-0.1, -0.05) is 12.8 Å². The van der Waals surface area contributed by atoms with Gasteiger partial charge in [0.05, 0.1) is 9.35 Å². The van der Waals surface area contributed by atoms with Crippen molar-refractivity contribution in [3.05, 3.63) is 20.8 Å². The van der Waals surface area contributed by atoms with Crippen molar-refractivity contribution in [2.75, 3.05) is 26.2 Å². The summed E-state index contributed by atoms with van der Waals surface area (Å²) in [7, 11) is 0. The first-order chi connectivity index (χ1) is 10.1. The molecule has 2 fully saturated rings. The van der Waals surface area contributed by atoms with Crippen molar-refractivity contribution in [1.82, 2.24) is 9.80 Å². The molecule has 0 radical (unpaired) electrons. The highest BCUT2D eigenvalue weighted by Gasteiger charge is 2.30. The van der Waals surface area contributed by atoms with E-state index >= 15 is 0 Å². The second-order valence-electron chi connectivity index (χ2n) is 5.74. The Hall–Kier alpha value is -0.880. The maximum Gasteiger partial charge on any atom is 0.254 e. The van der Waals surface area contributed by atoms with E-state index in [0.717, 1.165) is 22.2 Å². The van der Waals surface area contributed by atoms with Crippen molar-refractivity contribution < 1.29 is 9.59 Å². The Kier molecular flexibility index (Phi) is 4.64. The molecule has 4 nitrogen and oxygen atoms in total. The highest BCUT2D eigenvalue weighted by Crippen LogP contribution is 2.27. The van der Waals surface area contributed by atoms with E-state index in [1.54, 1.807) is 0 Å². The van der Waals surface area contributed by atoms with Crippen LogP contribution < -0.4 is 0 Å². The van der Waals surface area contributed by atoms with Crippen molar-refractivity contribution >= 4 is 39.1 Å². The smallest absolute Gasteiger partial charge is 0.254 e. The van der Waals surface area contributed by atoms with E-state index in [1.165, 1.54) is 24.2 Å². The Bertz CT molecular complexity index is 532. The van der Waals surface area contributed by atoms with Crippen LogP contribution in [0.5, 0.6) is 0 Å². The fraction of sp³-hybridized carbons (Fsp3) is 0.600. The van der Waals surface area contributed by atoms with Crippen LogP contribution >= 0.6 is 27.3 Å². The van der Waals surface area contributed by atoms with Crippen molar-refractivity contribution in [2.24, 2.45) is 5.92 Å². The molecule has 0 atom stereocenters. The summed E-state index contributed by atoms with van der Waals surface area (Å²) in [5.74, 6) is 0.614. The Morgan fingerprint density at radius 1 is 1.10 bits per heavy atom. The Morgan fingerprint density at radius 3 is 2.29 bits per heavy atom. The normalized spacial score (nSPS) is 20.0. The molecule has 1 aliphatic carbocycles. The van der Waals surface area contributed by atoms with Gasteiger partial charge in [-0.3, -0.25) is 9.59 Å². The van der Waals surface area contributed by atoms with Crippen LogP contribution in [0, 0.1) is 5.92 Å². The van der Waals surface area contributed by atoms with Gasteiger partial charge in [0.25, 0.3) is 5.91 Å². The minimum Gasteiger partial charge on any atom is -0.339 e. The van der Waals surface area contributed by atoms with Crippen LogP contribution in [-0.2, 0) is 4.79 Å². The third-order valence-corrected chi connectivity index (χ3v) is 5.90. The molecule has 1 saturated heterocycles. The number of hydrogen-bond donors (Lipinski definition) is 0. The third-order valence-electron chi connectivity index (χ3n) is 4.40. The summed E-state index contributed by atoms with van der Waals surface area (Å²) in [4.78, 5) is 28.5. The predicted molar refractivity (Wildman–Crippen MR) is 86.5 cm³/mol. The lowest BCUT2D eigenvalue weighted by Gasteiger charge is -2.35. The second-order valence-corrected chi connectivity index (χ2v) is 8.03. The average molecular weight is 371 g/mol. The number of halogens is 1. The van der Waals surface area contributed by atoms with Crippen LogP contribution in [0.1, 0.15) is 36.0 Å². The minimum absolute atomic E-state index is 0.0740. The molecule has 1 aromatic heterocycles. The molecule has 3 rings (SSSR count). The van der Waals surface area contributed by atoms with E-state index in [1.807, 2.05) is 21.2 Å². The van der Waals surface area contributed by atoms with Gasteiger partial charge in [-0.2, -0.15) is 0 Å². The zero-order valence-electron chi connectivity index (χ0n) is 11.9. The molecule has 0 N–H and O–H groups in total. The van der Waals surface area contributed by atoms with E-state index in [0.29, 0.717) is 32.1 Å². The van der Waals surface area contributed by atoms with Crippen molar-refractivity contribution in [2.45, 2.75) is 25.7 Å². The van der Waals surface area contributed by atoms with Gasteiger partial charge >= 0.3 is 0 Å². The summed E-state index contributed by atoms with van der Waals surface area (Å²) in [6.45, 7) is 2.63. The Balaban J connectivity index is 1.55. The van der Waals surface area contributed by atoms with E-state index in [4.69, 9.17) is 0 Å². The Labute approximate surface area is 137 Å². The van der Waals surface area contributed by atoms with Crippen LogP contribution in [-0.4, -0.2) is 47.8 Å². The Morgan fingerprint density at radius 2 is 1.71 bits per heavy atom. The van der Waals surface area contributed by atoms with Gasteiger partial charge in [-0.25, -0.2) is 0 Å². The number of amides is 2. The molecule has 0 unspecified atom stereocenters. The van der Waals surface area contributed by atoms with Crippen LogP contribution in [0.3, 0.4) is 0 Å². The topological polar surface area (TPSA) is 40.6 Å². The second kappa shape index (κ2) is 6.48. The lowest BCUT2D eigenvalue weighted by Crippen LogP contribution is -2.51. The summed E-state index contributed by atoms with van der Waals surface area (Å²) in [6.07, 6.45) is 4.45. The maximum absolute atomic E-state index is 12.4. The average Bonchev–Trinajstić information content (AvgIpc) is 3.17.